The SMILES string of the molecule is CC.CC(C)C(=O)/C(N)=C/N(N)C(CO)C(C)C.CN1CCCC1c1nc2ccccc2s1. The van der Waals surface area contributed by atoms with Gasteiger partial charge in [0.1, 0.15) is 5.01 Å². The van der Waals surface area contributed by atoms with E-state index in [0.717, 1.165) is 5.52 Å². The molecule has 1 fully saturated rings. The van der Waals surface area contributed by atoms with Gasteiger partial charge in [-0.3, -0.25) is 9.69 Å². The van der Waals surface area contributed by atoms with Crippen LogP contribution in [0.1, 0.15) is 65.4 Å². The molecule has 186 valence electrons. The summed E-state index contributed by atoms with van der Waals surface area (Å²) >= 11 is 1.85. The Morgan fingerprint density at radius 2 is 1.94 bits per heavy atom. The number of aliphatic hydroxyl groups is 1. The number of benzene rings is 1. The molecule has 2 atom stereocenters. The van der Waals surface area contributed by atoms with E-state index < -0.39 is 0 Å². The largest absolute Gasteiger partial charge is 0.395 e. The van der Waals surface area contributed by atoms with Crippen LogP contribution in [0.5, 0.6) is 0 Å². The summed E-state index contributed by atoms with van der Waals surface area (Å²) in [5.74, 6) is 5.61. The van der Waals surface area contributed by atoms with Crippen molar-refractivity contribution in [2.24, 2.45) is 23.4 Å². The number of likely N-dealkylation sites (tertiary alicyclic amines) is 1. The molecule has 33 heavy (non-hydrogen) atoms. The summed E-state index contributed by atoms with van der Waals surface area (Å²) < 4.78 is 1.31. The number of nitrogens with two attached hydrogens (primary N) is 2. The molecular formula is C25H43N5O2S. The van der Waals surface area contributed by atoms with Crippen molar-refractivity contribution in [3.63, 3.8) is 0 Å². The van der Waals surface area contributed by atoms with E-state index in [4.69, 9.17) is 21.7 Å². The lowest BCUT2D eigenvalue weighted by molar-refractivity contribution is -0.118. The summed E-state index contributed by atoms with van der Waals surface area (Å²) in [6.45, 7) is 12.6. The molecule has 0 spiro atoms. The van der Waals surface area contributed by atoms with Crippen LogP contribution in [-0.4, -0.2) is 52.0 Å². The number of hydrogen-bond acceptors (Lipinski definition) is 8. The summed E-state index contributed by atoms with van der Waals surface area (Å²) in [6, 6.07) is 8.73. The van der Waals surface area contributed by atoms with Crippen LogP contribution in [0.3, 0.4) is 0 Å². The highest BCUT2D eigenvalue weighted by atomic mass is 32.1. The number of rotatable bonds is 7. The number of allylic oxidation sites excluding steroid dienone is 1. The van der Waals surface area contributed by atoms with Gasteiger partial charge in [0.25, 0.3) is 0 Å². The number of nitrogens with zero attached hydrogens (tertiary/aromatic N) is 3. The second kappa shape index (κ2) is 14.3. The number of Topliss-reactive ketones (excluding diaryl/α,β-unsaturated/α-hetero) is 1. The summed E-state index contributed by atoms with van der Waals surface area (Å²) in [4.78, 5) is 18.7. The lowest BCUT2D eigenvalue weighted by Crippen LogP contribution is -2.43. The van der Waals surface area contributed by atoms with Gasteiger partial charge in [-0.2, -0.15) is 0 Å². The van der Waals surface area contributed by atoms with Gasteiger partial charge in [0.2, 0.25) is 0 Å². The summed E-state index contributed by atoms with van der Waals surface area (Å²) in [5.41, 5.74) is 6.89. The van der Waals surface area contributed by atoms with E-state index in [1.165, 1.54) is 40.3 Å². The van der Waals surface area contributed by atoms with Crippen molar-refractivity contribution < 1.29 is 9.90 Å². The molecule has 1 aliphatic heterocycles. The fourth-order valence-corrected chi connectivity index (χ4v) is 4.73. The number of carbonyl (C=O) groups excluding carboxylic acids is 1. The molecule has 7 nitrogen and oxygen atoms in total. The minimum Gasteiger partial charge on any atom is -0.395 e. The van der Waals surface area contributed by atoms with Crippen molar-refractivity contribution in [1.29, 1.82) is 0 Å². The Balaban J connectivity index is 0.000000307. The molecule has 2 heterocycles. The molecule has 2 aromatic rings. The Morgan fingerprint density at radius 3 is 2.42 bits per heavy atom. The number of aromatic nitrogens is 1. The summed E-state index contributed by atoms with van der Waals surface area (Å²) in [7, 11) is 2.20. The maximum atomic E-state index is 11.5. The zero-order valence-corrected chi connectivity index (χ0v) is 22.1. The molecule has 0 bridgehead atoms. The topological polar surface area (TPSA) is 109 Å². The van der Waals surface area contributed by atoms with Gasteiger partial charge in [0.05, 0.1) is 34.6 Å². The van der Waals surface area contributed by atoms with Crippen LogP contribution in [0.15, 0.2) is 36.2 Å². The molecule has 0 saturated carbocycles. The molecule has 1 aromatic carbocycles. The first-order valence-corrected chi connectivity index (χ1v) is 12.7. The molecule has 1 aliphatic rings. The minimum absolute atomic E-state index is 0.0756. The third-order valence-corrected chi connectivity index (χ3v) is 6.69. The van der Waals surface area contributed by atoms with E-state index in [-0.39, 0.29) is 36.0 Å². The first-order chi connectivity index (χ1) is 15.6. The fourth-order valence-electron chi connectivity index (χ4n) is 3.56. The number of carbonyl (C=O) groups is 1. The monoisotopic (exact) mass is 477 g/mol. The van der Waals surface area contributed by atoms with E-state index >= 15 is 0 Å². The zero-order valence-electron chi connectivity index (χ0n) is 21.3. The molecule has 0 radical (unpaired) electrons. The van der Waals surface area contributed by atoms with E-state index in [9.17, 15) is 4.79 Å². The second-order valence-corrected chi connectivity index (χ2v) is 9.77. The van der Waals surface area contributed by atoms with Crippen LogP contribution in [0.4, 0.5) is 0 Å². The number of ketones is 1. The second-order valence-electron chi connectivity index (χ2n) is 8.70. The smallest absolute Gasteiger partial charge is 0.182 e. The summed E-state index contributed by atoms with van der Waals surface area (Å²) in [5, 5.41) is 11.7. The van der Waals surface area contributed by atoms with Crippen LogP contribution in [0.2, 0.25) is 0 Å². The van der Waals surface area contributed by atoms with Crippen LogP contribution < -0.4 is 11.6 Å². The number of para-hydroxylation sites is 1. The Bertz CT molecular complexity index is 848. The highest BCUT2D eigenvalue weighted by molar-refractivity contribution is 7.18. The van der Waals surface area contributed by atoms with Crippen LogP contribution in [0.25, 0.3) is 10.2 Å². The lowest BCUT2D eigenvalue weighted by atomic mass is 10.0. The first kappa shape index (κ1) is 29.0. The quantitative estimate of drug-likeness (QED) is 0.310. The van der Waals surface area contributed by atoms with Crippen molar-refractivity contribution in [1.82, 2.24) is 14.9 Å². The van der Waals surface area contributed by atoms with Crippen LogP contribution in [-0.2, 0) is 4.79 Å². The Labute approximate surface area is 203 Å². The average molecular weight is 478 g/mol. The van der Waals surface area contributed by atoms with E-state index in [2.05, 4.69) is 36.2 Å². The van der Waals surface area contributed by atoms with Gasteiger partial charge in [-0.25, -0.2) is 10.8 Å². The predicted octanol–water partition coefficient (Wildman–Crippen LogP) is 4.29. The van der Waals surface area contributed by atoms with E-state index in [1.54, 1.807) is 13.8 Å². The normalized spacial score (nSPS) is 17.4. The Kier molecular flexibility index (Phi) is 12.6. The third-order valence-electron chi connectivity index (χ3n) is 5.55. The van der Waals surface area contributed by atoms with Gasteiger partial charge < -0.3 is 15.8 Å². The van der Waals surface area contributed by atoms with Crippen LogP contribution >= 0.6 is 11.3 Å². The highest BCUT2D eigenvalue weighted by Gasteiger charge is 2.25. The highest BCUT2D eigenvalue weighted by Crippen LogP contribution is 2.35. The molecule has 1 aromatic heterocycles. The number of hydrazine groups is 1. The maximum Gasteiger partial charge on any atom is 0.182 e. The molecule has 0 amide bonds. The van der Waals surface area contributed by atoms with Gasteiger partial charge in [0.15, 0.2) is 5.78 Å². The molecule has 8 heteroatoms. The zero-order chi connectivity index (χ0) is 25.1. The van der Waals surface area contributed by atoms with Crippen molar-refractivity contribution >= 4 is 27.3 Å². The first-order valence-electron chi connectivity index (χ1n) is 11.9. The Morgan fingerprint density at radius 1 is 1.30 bits per heavy atom. The molecule has 3 rings (SSSR count). The van der Waals surface area contributed by atoms with E-state index in [1.807, 2.05) is 39.0 Å². The van der Waals surface area contributed by atoms with Crippen molar-refractivity contribution in [3.8, 4) is 0 Å². The van der Waals surface area contributed by atoms with E-state index in [0.29, 0.717) is 6.04 Å². The number of hydrogen-bond donors (Lipinski definition) is 3. The van der Waals surface area contributed by atoms with Crippen molar-refractivity contribution in [2.75, 3.05) is 20.2 Å². The fraction of sp³-hybridized carbons (Fsp3) is 0.600. The maximum absolute atomic E-state index is 11.5. The molecule has 5 N–H and O–H groups in total. The molecule has 0 aliphatic carbocycles. The molecule has 1 saturated heterocycles. The number of fused-ring (bicyclic) bond motifs is 1. The van der Waals surface area contributed by atoms with Gasteiger partial charge in [-0.05, 0) is 44.5 Å². The van der Waals surface area contributed by atoms with Gasteiger partial charge in [-0.1, -0.05) is 53.7 Å². The van der Waals surface area contributed by atoms with Gasteiger partial charge in [-0.15, -0.1) is 11.3 Å². The lowest BCUT2D eigenvalue weighted by Gasteiger charge is -2.28. The summed E-state index contributed by atoms with van der Waals surface area (Å²) in [6.07, 6.45) is 3.95. The number of thiazole rings is 1. The standard InChI is InChI=1S/C12H14N2S.C11H23N3O2.C2H6/c1-14-8-4-6-10(14)12-13-9-5-2-3-7-11(9)15-12;1-7(2)10(6-15)14(13)5-9(12)11(16)8(3)4;1-2/h2-3,5,7,10H,4,6,8H2,1H3;5,7-8,10,15H,6,12-13H2,1-4H3;1-2H3/b;9-5-;. The molecular weight excluding hydrogens is 434 g/mol. The third kappa shape index (κ3) is 8.37. The average Bonchev–Trinajstić information content (AvgIpc) is 3.40. The minimum atomic E-state index is -0.237. The van der Waals surface area contributed by atoms with Gasteiger partial charge in [0, 0.05) is 12.1 Å². The van der Waals surface area contributed by atoms with Crippen molar-refractivity contribution in [2.45, 2.75) is 66.5 Å². The Hall–Kier alpha value is -2.00. The molecule has 2 unspecified atom stereocenters. The number of aliphatic hydroxyl groups excluding tert-OH is 1. The van der Waals surface area contributed by atoms with Gasteiger partial charge >= 0.3 is 0 Å². The predicted molar refractivity (Wildman–Crippen MR) is 139 cm³/mol. The van der Waals surface area contributed by atoms with Crippen molar-refractivity contribution in [3.05, 3.63) is 41.2 Å². The van der Waals surface area contributed by atoms with Crippen LogP contribution in [0, 0.1) is 11.8 Å².